The van der Waals surface area contributed by atoms with Crippen molar-refractivity contribution in [3.63, 3.8) is 0 Å². The molecule has 1 aromatic rings. The van der Waals surface area contributed by atoms with Gasteiger partial charge in [0.1, 0.15) is 5.25 Å². The first kappa shape index (κ1) is 10.4. The van der Waals surface area contributed by atoms with Gasteiger partial charge in [0.05, 0.1) is 0 Å². The fourth-order valence-electron chi connectivity index (χ4n) is 0.922. The molecular formula is C9H9ClO2S. The third-order valence-corrected chi connectivity index (χ3v) is 2.67. The van der Waals surface area contributed by atoms with Crippen LogP contribution in [0.2, 0.25) is 5.02 Å². The standard InChI is InChI=1S/C9H9ClO2S/c1-5-2-3-6(4-7(5)10)8(13)9(11)12/h2-4,8,13H,1H3,(H,11,12). The molecule has 0 aliphatic carbocycles. The van der Waals surface area contributed by atoms with Crippen molar-refractivity contribution in [3.8, 4) is 0 Å². The lowest BCUT2D eigenvalue weighted by molar-refractivity contribution is -0.136. The van der Waals surface area contributed by atoms with Gasteiger partial charge in [-0.3, -0.25) is 4.79 Å². The van der Waals surface area contributed by atoms with Crippen LogP contribution < -0.4 is 0 Å². The molecule has 0 saturated heterocycles. The second-order valence-corrected chi connectivity index (χ2v) is 3.67. The number of halogens is 1. The zero-order valence-corrected chi connectivity index (χ0v) is 8.64. The Bertz CT molecular complexity index is 338. The lowest BCUT2D eigenvalue weighted by Gasteiger charge is -2.06. The highest BCUT2D eigenvalue weighted by molar-refractivity contribution is 7.81. The minimum absolute atomic E-state index is 0.567. The van der Waals surface area contributed by atoms with Crippen molar-refractivity contribution in [3.05, 3.63) is 34.3 Å². The molecule has 1 N–H and O–H groups in total. The summed E-state index contributed by atoms with van der Waals surface area (Å²) in [6, 6.07) is 5.12. The number of benzene rings is 1. The van der Waals surface area contributed by atoms with Crippen molar-refractivity contribution >= 4 is 30.2 Å². The summed E-state index contributed by atoms with van der Waals surface area (Å²) in [7, 11) is 0. The number of thiol groups is 1. The highest BCUT2D eigenvalue weighted by Gasteiger charge is 2.14. The molecule has 0 amide bonds. The summed E-state index contributed by atoms with van der Waals surface area (Å²) in [6.07, 6.45) is 0. The van der Waals surface area contributed by atoms with Crippen LogP contribution in [-0.2, 0) is 4.79 Å². The molecule has 0 radical (unpaired) electrons. The predicted octanol–water partition coefficient (Wildman–Crippen LogP) is 2.70. The van der Waals surface area contributed by atoms with Crippen molar-refractivity contribution < 1.29 is 9.90 Å². The highest BCUT2D eigenvalue weighted by Crippen LogP contribution is 2.25. The quantitative estimate of drug-likeness (QED) is 0.746. The number of aryl methyl sites for hydroxylation is 1. The Hall–Kier alpha value is -0.670. The Morgan fingerprint density at radius 1 is 1.62 bits per heavy atom. The third kappa shape index (κ3) is 2.39. The number of carbonyl (C=O) groups is 1. The maximum atomic E-state index is 10.6. The van der Waals surface area contributed by atoms with E-state index in [0.29, 0.717) is 10.6 Å². The minimum atomic E-state index is -0.969. The van der Waals surface area contributed by atoms with E-state index in [-0.39, 0.29) is 0 Å². The Morgan fingerprint density at radius 2 is 2.23 bits per heavy atom. The van der Waals surface area contributed by atoms with Crippen LogP contribution in [0.1, 0.15) is 16.4 Å². The van der Waals surface area contributed by atoms with E-state index in [9.17, 15) is 4.79 Å². The van der Waals surface area contributed by atoms with Crippen LogP contribution in [0.3, 0.4) is 0 Å². The Kier molecular flexibility index (Phi) is 3.22. The van der Waals surface area contributed by atoms with E-state index in [1.54, 1.807) is 18.2 Å². The minimum Gasteiger partial charge on any atom is -0.480 e. The van der Waals surface area contributed by atoms with Crippen molar-refractivity contribution in [2.75, 3.05) is 0 Å². The number of rotatable bonds is 2. The van der Waals surface area contributed by atoms with Gasteiger partial charge in [0.2, 0.25) is 0 Å². The maximum absolute atomic E-state index is 10.6. The molecule has 2 nitrogen and oxygen atoms in total. The van der Waals surface area contributed by atoms with E-state index >= 15 is 0 Å². The van der Waals surface area contributed by atoms with Crippen LogP contribution in [0.5, 0.6) is 0 Å². The van der Waals surface area contributed by atoms with Gasteiger partial charge in [0.15, 0.2) is 0 Å². The smallest absolute Gasteiger partial charge is 0.320 e. The topological polar surface area (TPSA) is 37.3 Å². The van der Waals surface area contributed by atoms with E-state index < -0.39 is 11.2 Å². The fourth-order valence-corrected chi connectivity index (χ4v) is 1.27. The van der Waals surface area contributed by atoms with Crippen molar-refractivity contribution in [1.82, 2.24) is 0 Å². The molecule has 1 unspecified atom stereocenters. The van der Waals surface area contributed by atoms with Crippen LogP contribution in [0, 0.1) is 6.92 Å². The number of carboxylic acid groups (broad SMARTS) is 1. The van der Waals surface area contributed by atoms with Crippen molar-refractivity contribution in [2.24, 2.45) is 0 Å². The highest BCUT2D eigenvalue weighted by atomic mass is 35.5. The van der Waals surface area contributed by atoms with Gasteiger partial charge in [0.25, 0.3) is 0 Å². The molecule has 1 atom stereocenters. The molecule has 0 bridgehead atoms. The van der Waals surface area contributed by atoms with Crippen LogP contribution in [0.25, 0.3) is 0 Å². The van der Waals surface area contributed by atoms with Gasteiger partial charge in [-0.25, -0.2) is 0 Å². The monoisotopic (exact) mass is 216 g/mol. The zero-order chi connectivity index (χ0) is 10.0. The van der Waals surface area contributed by atoms with E-state index in [1.165, 1.54) is 0 Å². The molecule has 0 heterocycles. The first-order valence-electron chi connectivity index (χ1n) is 3.69. The molecule has 0 aliphatic heterocycles. The molecule has 0 aromatic heterocycles. The van der Waals surface area contributed by atoms with Gasteiger partial charge in [-0.05, 0) is 24.1 Å². The maximum Gasteiger partial charge on any atom is 0.320 e. The predicted molar refractivity (Wildman–Crippen MR) is 55.6 cm³/mol. The molecule has 4 heteroatoms. The second kappa shape index (κ2) is 4.03. The number of aliphatic carboxylic acids is 1. The van der Waals surface area contributed by atoms with E-state index in [2.05, 4.69) is 12.6 Å². The van der Waals surface area contributed by atoms with Gasteiger partial charge in [-0.1, -0.05) is 23.7 Å². The average molecular weight is 217 g/mol. The fraction of sp³-hybridized carbons (Fsp3) is 0.222. The molecule has 1 aromatic carbocycles. The number of hydrogen-bond acceptors (Lipinski definition) is 2. The summed E-state index contributed by atoms with van der Waals surface area (Å²) in [4.78, 5) is 10.6. The first-order chi connectivity index (χ1) is 6.02. The summed E-state index contributed by atoms with van der Waals surface area (Å²) in [6.45, 7) is 1.86. The third-order valence-electron chi connectivity index (χ3n) is 1.75. The zero-order valence-electron chi connectivity index (χ0n) is 6.99. The van der Waals surface area contributed by atoms with Gasteiger partial charge in [0, 0.05) is 5.02 Å². The molecular weight excluding hydrogens is 208 g/mol. The van der Waals surface area contributed by atoms with E-state index in [0.717, 1.165) is 5.56 Å². The average Bonchev–Trinajstić information content (AvgIpc) is 2.08. The lowest BCUT2D eigenvalue weighted by Crippen LogP contribution is -2.04. The number of hydrogen-bond donors (Lipinski definition) is 2. The summed E-state index contributed by atoms with van der Waals surface area (Å²) >= 11 is 9.77. The van der Waals surface area contributed by atoms with Crippen molar-refractivity contribution in [1.29, 1.82) is 0 Å². The van der Waals surface area contributed by atoms with E-state index in [1.807, 2.05) is 6.92 Å². The Morgan fingerprint density at radius 3 is 2.69 bits per heavy atom. The molecule has 0 saturated carbocycles. The van der Waals surface area contributed by atoms with Gasteiger partial charge < -0.3 is 5.11 Å². The van der Waals surface area contributed by atoms with Crippen molar-refractivity contribution in [2.45, 2.75) is 12.2 Å². The summed E-state index contributed by atoms with van der Waals surface area (Å²) in [5.74, 6) is -0.969. The Balaban J connectivity index is 3.03. The molecule has 0 spiro atoms. The van der Waals surface area contributed by atoms with Crippen LogP contribution in [-0.4, -0.2) is 11.1 Å². The van der Waals surface area contributed by atoms with Gasteiger partial charge in [-0.15, -0.1) is 0 Å². The van der Waals surface area contributed by atoms with Gasteiger partial charge in [-0.2, -0.15) is 12.6 Å². The first-order valence-corrected chi connectivity index (χ1v) is 4.58. The molecule has 0 fully saturated rings. The van der Waals surface area contributed by atoms with E-state index in [4.69, 9.17) is 16.7 Å². The summed E-state index contributed by atoms with van der Waals surface area (Å²) < 4.78 is 0. The molecule has 0 aliphatic rings. The number of carboxylic acids is 1. The normalized spacial score (nSPS) is 12.5. The molecule has 1 rings (SSSR count). The second-order valence-electron chi connectivity index (χ2n) is 2.75. The Labute approximate surface area is 86.9 Å². The van der Waals surface area contributed by atoms with Crippen LogP contribution in [0.4, 0.5) is 0 Å². The van der Waals surface area contributed by atoms with Gasteiger partial charge >= 0.3 is 5.97 Å². The van der Waals surface area contributed by atoms with Crippen LogP contribution in [0.15, 0.2) is 18.2 Å². The summed E-state index contributed by atoms with van der Waals surface area (Å²) in [5.41, 5.74) is 1.53. The largest absolute Gasteiger partial charge is 0.480 e. The molecule has 13 heavy (non-hydrogen) atoms. The summed E-state index contributed by atoms with van der Waals surface area (Å²) in [5, 5.41) is 8.44. The molecule has 70 valence electrons. The SMILES string of the molecule is Cc1ccc(C(S)C(=O)O)cc1Cl. The van der Waals surface area contributed by atoms with Crippen LogP contribution >= 0.6 is 24.2 Å². The lowest BCUT2D eigenvalue weighted by atomic mass is 10.1.